The lowest BCUT2D eigenvalue weighted by atomic mass is 10.1. The van der Waals surface area contributed by atoms with Gasteiger partial charge in [-0.05, 0) is 19.8 Å². The number of alkyl carbamates (subject to hydrolysis) is 1. The predicted molar refractivity (Wildman–Crippen MR) is 67.5 cm³/mol. The Bertz CT molecular complexity index is 479. The molecule has 0 radical (unpaired) electrons. The van der Waals surface area contributed by atoms with Crippen molar-refractivity contribution in [1.82, 2.24) is 20.6 Å². The third kappa shape index (κ3) is 3.70. The summed E-state index contributed by atoms with van der Waals surface area (Å²) in [7, 11) is 1.26. The number of nitrogens with one attached hydrogen (secondary N) is 3. The zero-order valence-electron chi connectivity index (χ0n) is 11.1. The molecule has 3 N–H and O–H groups in total. The number of methoxy groups -OCH3 is 1. The molecule has 0 saturated heterocycles. The third-order valence-corrected chi connectivity index (χ3v) is 3.10. The predicted octanol–water partition coefficient (Wildman–Crippen LogP) is 0.265. The fourth-order valence-electron chi connectivity index (χ4n) is 1.94. The number of aromatic nitrogens is 2. The fourth-order valence-corrected chi connectivity index (χ4v) is 1.94. The van der Waals surface area contributed by atoms with Crippen molar-refractivity contribution in [2.75, 3.05) is 13.7 Å². The zero-order valence-corrected chi connectivity index (χ0v) is 11.1. The van der Waals surface area contributed by atoms with E-state index in [1.807, 2.05) is 6.92 Å². The van der Waals surface area contributed by atoms with Crippen LogP contribution in [0.5, 0.6) is 0 Å². The van der Waals surface area contributed by atoms with Gasteiger partial charge in [0, 0.05) is 23.9 Å². The van der Waals surface area contributed by atoms with Crippen LogP contribution in [0.4, 0.5) is 4.79 Å². The van der Waals surface area contributed by atoms with Crippen LogP contribution in [-0.2, 0) is 16.0 Å². The van der Waals surface area contributed by atoms with Crippen molar-refractivity contribution in [2.24, 2.45) is 0 Å². The Morgan fingerprint density at radius 1 is 1.53 bits per heavy atom. The number of rotatable bonds is 5. The Morgan fingerprint density at radius 2 is 2.26 bits per heavy atom. The van der Waals surface area contributed by atoms with Crippen molar-refractivity contribution < 1.29 is 14.3 Å². The molecule has 0 atom stereocenters. The molecule has 7 nitrogen and oxygen atoms in total. The smallest absolute Gasteiger partial charge is 0.407 e. The van der Waals surface area contributed by atoms with E-state index in [2.05, 4.69) is 25.3 Å². The Kier molecular flexibility index (Phi) is 3.73. The van der Waals surface area contributed by atoms with Crippen LogP contribution in [0, 0.1) is 6.92 Å². The van der Waals surface area contributed by atoms with Crippen LogP contribution in [0.3, 0.4) is 0 Å². The molecule has 1 aliphatic rings. The summed E-state index contributed by atoms with van der Waals surface area (Å²) < 4.78 is 4.40. The molecule has 1 heterocycles. The summed E-state index contributed by atoms with van der Waals surface area (Å²) >= 11 is 0. The van der Waals surface area contributed by atoms with Gasteiger partial charge in [0.15, 0.2) is 0 Å². The summed E-state index contributed by atoms with van der Waals surface area (Å²) in [4.78, 5) is 30.0. The number of aromatic amines is 1. The number of nitrogens with zero attached hydrogens (tertiary/aromatic N) is 1. The van der Waals surface area contributed by atoms with E-state index in [9.17, 15) is 9.59 Å². The van der Waals surface area contributed by atoms with Gasteiger partial charge >= 0.3 is 6.09 Å². The van der Waals surface area contributed by atoms with Gasteiger partial charge in [0.1, 0.15) is 12.4 Å². The molecule has 1 saturated carbocycles. The topological polar surface area (TPSA) is 96.1 Å². The average molecular weight is 266 g/mol. The van der Waals surface area contributed by atoms with Crippen LogP contribution >= 0.6 is 0 Å². The van der Waals surface area contributed by atoms with E-state index in [1.165, 1.54) is 7.11 Å². The molecule has 1 aromatic rings. The number of amides is 2. The first-order chi connectivity index (χ1) is 9.03. The second-order valence-corrected chi connectivity index (χ2v) is 4.86. The maximum atomic E-state index is 11.7. The van der Waals surface area contributed by atoms with Gasteiger partial charge in [-0.3, -0.25) is 4.79 Å². The van der Waals surface area contributed by atoms with Crippen molar-refractivity contribution in [2.45, 2.75) is 31.7 Å². The molecule has 0 aromatic carbocycles. The third-order valence-electron chi connectivity index (χ3n) is 3.10. The highest BCUT2D eigenvalue weighted by Gasteiger charge is 2.44. The molecule has 0 unspecified atom stereocenters. The number of carbonyl (C=O) groups excluding carboxylic acids is 2. The Labute approximate surface area is 111 Å². The van der Waals surface area contributed by atoms with Crippen LogP contribution in [0.25, 0.3) is 0 Å². The number of imidazole rings is 1. The van der Waals surface area contributed by atoms with Gasteiger partial charge in [-0.15, -0.1) is 0 Å². The van der Waals surface area contributed by atoms with Crippen LogP contribution in [0.15, 0.2) is 6.20 Å². The lowest BCUT2D eigenvalue weighted by Crippen LogP contribution is -2.44. The Balaban J connectivity index is 1.81. The van der Waals surface area contributed by atoms with Crippen molar-refractivity contribution in [3.05, 3.63) is 17.7 Å². The van der Waals surface area contributed by atoms with Crippen molar-refractivity contribution in [3.8, 4) is 0 Å². The minimum absolute atomic E-state index is 0.0778. The highest BCUT2D eigenvalue weighted by molar-refractivity contribution is 5.83. The second kappa shape index (κ2) is 5.29. The molecule has 0 bridgehead atoms. The first-order valence-corrected chi connectivity index (χ1v) is 6.16. The maximum absolute atomic E-state index is 11.7. The normalized spacial score (nSPS) is 15.7. The largest absolute Gasteiger partial charge is 0.453 e. The summed E-state index contributed by atoms with van der Waals surface area (Å²) in [6, 6.07) is 0. The molecule has 0 spiro atoms. The van der Waals surface area contributed by atoms with Gasteiger partial charge < -0.3 is 20.4 Å². The lowest BCUT2D eigenvalue weighted by Gasteiger charge is -2.16. The molecular formula is C12H18N4O3. The number of carbonyl (C=O) groups is 2. The number of aryl methyl sites for hydroxylation is 1. The number of ether oxygens (including phenoxy) is 1. The molecule has 1 aliphatic carbocycles. The van der Waals surface area contributed by atoms with Gasteiger partial charge in [0.05, 0.1) is 7.11 Å². The number of hydrogen-bond donors (Lipinski definition) is 3. The Hall–Kier alpha value is -2.05. The van der Waals surface area contributed by atoms with Gasteiger partial charge in [0.2, 0.25) is 5.91 Å². The molecule has 0 aliphatic heterocycles. The summed E-state index contributed by atoms with van der Waals surface area (Å²) in [6.07, 6.45) is 3.70. The van der Waals surface area contributed by atoms with E-state index in [4.69, 9.17) is 0 Å². The SMILES string of the molecule is COC(=O)NCC(=O)NC1(Cc2ncc(C)[nH]2)CC1. The van der Waals surface area contributed by atoms with Gasteiger partial charge in [0.25, 0.3) is 0 Å². The van der Waals surface area contributed by atoms with E-state index in [0.717, 1.165) is 24.4 Å². The van der Waals surface area contributed by atoms with Crippen LogP contribution < -0.4 is 10.6 Å². The second-order valence-electron chi connectivity index (χ2n) is 4.86. The minimum atomic E-state index is -0.610. The monoisotopic (exact) mass is 266 g/mol. The van der Waals surface area contributed by atoms with Crippen LogP contribution in [0.2, 0.25) is 0 Å². The van der Waals surface area contributed by atoms with Crippen molar-refractivity contribution >= 4 is 12.0 Å². The van der Waals surface area contributed by atoms with Crippen LogP contribution in [-0.4, -0.2) is 41.2 Å². The fraction of sp³-hybridized carbons (Fsp3) is 0.583. The van der Waals surface area contributed by atoms with E-state index >= 15 is 0 Å². The standard InChI is InChI=1S/C12H18N4O3/c1-8-6-13-9(15-8)5-12(3-4-12)16-10(17)7-14-11(18)19-2/h6H,3-5,7H2,1-2H3,(H,13,15)(H,14,18)(H,16,17). The molecule has 2 rings (SSSR count). The molecule has 104 valence electrons. The maximum Gasteiger partial charge on any atom is 0.407 e. The van der Waals surface area contributed by atoms with Gasteiger partial charge in [-0.1, -0.05) is 0 Å². The summed E-state index contributed by atoms with van der Waals surface area (Å²) in [5.74, 6) is 0.655. The van der Waals surface area contributed by atoms with E-state index < -0.39 is 6.09 Å². The van der Waals surface area contributed by atoms with E-state index in [1.54, 1.807) is 6.20 Å². The van der Waals surface area contributed by atoms with Gasteiger partial charge in [-0.25, -0.2) is 9.78 Å². The lowest BCUT2D eigenvalue weighted by molar-refractivity contribution is -0.121. The highest BCUT2D eigenvalue weighted by Crippen LogP contribution is 2.37. The highest BCUT2D eigenvalue weighted by atomic mass is 16.5. The zero-order chi connectivity index (χ0) is 13.9. The van der Waals surface area contributed by atoms with E-state index in [-0.39, 0.29) is 18.0 Å². The van der Waals surface area contributed by atoms with Gasteiger partial charge in [-0.2, -0.15) is 0 Å². The number of H-pyrrole nitrogens is 1. The first kappa shape index (κ1) is 13.4. The number of hydrogen-bond acceptors (Lipinski definition) is 4. The minimum Gasteiger partial charge on any atom is -0.453 e. The molecule has 2 amide bonds. The quantitative estimate of drug-likeness (QED) is 0.712. The summed E-state index contributed by atoms with van der Waals surface area (Å²) in [5.41, 5.74) is 0.795. The van der Waals surface area contributed by atoms with Crippen molar-refractivity contribution in [1.29, 1.82) is 0 Å². The first-order valence-electron chi connectivity index (χ1n) is 6.16. The molecule has 7 heteroatoms. The summed E-state index contributed by atoms with van der Waals surface area (Å²) in [5, 5.41) is 5.29. The van der Waals surface area contributed by atoms with Crippen LogP contribution in [0.1, 0.15) is 24.4 Å². The molecule has 1 aromatic heterocycles. The summed E-state index contributed by atoms with van der Waals surface area (Å²) in [6.45, 7) is 1.86. The molecule has 1 fully saturated rings. The van der Waals surface area contributed by atoms with Crippen molar-refractivity contribution in [3.63, 3.8) is 0 Å². The molecular weight excluding hydrogens is 248 g/mol. The van der Waals surface area contributed by atoms with E-state index in [0.29, 0.717) is 6.42 Å². The molecule has 19 heavy (non-hydrogen) atoms. The Morgan fingerprint density at radius 3 is 2.79 bits per heavy atom. The average Bonchev–Trinajstić information content (AvgIpc) is 3.00.